The maximum Gasteiger partial charge on any atom is 0.177 e. The lowest BCUT2D eigenvalue weighted by atomic mass is 10.2. The monoisotopic (exact) mass is 167 g/mol. The van der Waals surface area contributed by atoms with Crippen LogP contribution in [0.25, 0.3) is 0 Å². The van der Waals surface area contributed by atoms with Crippen molar-refractivity contribution in [3.8, 4) is 0 Å². The van der Waals surface area contributed by atoms with E-state index in [9.17, 15) is 4.79 Å². The molecule has 0 radical (unpaired) electrons. The van der Waals surface area contributed by atoms with E-state index in [-0.39, 0.29) is 5.78 Å². The number of carbonyl (C=O) groups excluding carboxylic acids is 1. The first-order chi connectivity index (χ1) is 5.81. The van der Waals surface area contributed by atoms with E-state index >= 15 is 0 Å². The Labute approximate surface area is 74.4 Å². The molecule has 0 aliphatic rings. The standard InChI is InChI=1S/C10H17NO/c1-3-10(12)8-6-4-5-7-9-11-2/h3,6,8,11H,1,4-5,7,9H2,2H3/b8-6-. The second-order valence-corrected chi connectivity index (χ2v) is 2.61. The second-order valence-electron chi connectivity index (χ2n) is 2.61. The van der Waals surface area contributed by atoms with Crippen LogP contribution in [0.3, 0.4) is 0 Å². The molecule has 0 aromatic carbocycles. The molecule has 0 unspecified atom stereocenters. The summed E-state index contributed by atoms with van der Waals surface area (Å²) < 4.78 is 0. The molecule has 0 atom stereocenters. The number of nitrogens with one attached hydrogen (secondary N) is 1. The summed E-state index contributed by atoms with van der Waals surface area (Å²) in [6.07, 6.45) is 8.06. The summed E-state index contributed by atoms with van der Waals surface area (Å²) >= 11 is 0. The Bertz CT molecular complexity index is 161. The zero-order valence-corrected chi connectivity index (χ0v) is 7.68. The summed E-state index contributed by atoms with van der Waals surface area (Å²) in [6, 6.07) is 0. The number of ketones is 1. The highest BCUT2D eigenvalue weighted by atomic mass is 16.1. The third kappa shape index (κ3) is 7.22. The highest BCUT2D eigenvalue weighted by Gasteiger charge is 1.86. The number of allylic oxidation sites excluding steroid dienone is 3. The fourth-order valence-electron chi connectivity index (χ4n) is 0.831. The van der Waals surface area contributed by atoms with E-state index in [2.05, 4.69) is 11.9 Å². The fourth-order valence-corrected chi connectivity index (χ4v) is 0.831. The van der Waals surface area contributed by atoms with Crippen LogP contribution in [0.5, 0.6) is 0 Å². The summed E-state index contributed by atoms with van der Waals surface area (Å²) in [5.41, 5.74) is 0. The molecule has 0 saturated heterocycles. The van der Waals surface area contributed by atoms with Gasteiger partial charge in [-0.05, 0) is 45.0 Å². The van der Waals surface area contributed by atoms with Gasteiger partial charge in [0.25, 0.3) is 0 Å². The molecule has 0 aliphatic carbocycles. The normalized spacial score (nSPS) is 10.4. The lowest BCUT2D eigenvalue weighted by Gasteiger charge is -1.94. The molecule has 0 spiro atoms. The van der Waals surface area contributed by atoms with Crippen molar-refractivity contribution in [3.63, 3.8) is 0 Å². The minimum atomic E-state index is -0.0105. The number of hydrogen-bond acceptors (Lipinski definition) is 2. The summed E-state index contributed by atoms with van der Waals surface area (Å²) in [6.45, 7) is 4.42. The van der Waals surface area contributed by atoms with Crippen molar-refractivity contribution in [1.82, 2.24) is 5.32 Å². The molecule has 68 valence electrons. The maximum atomic E-state index is 10.7. The highest BCUT2D eigenvalue weighted by Crippen LogP contribution is 1.95. The first kappa shape index (κ1) is 11.1. The largest absolute Gasteiger partial charge is 0.320 e. The molecule has 12 heavy (non-hydrogen) atoms. The summed E-state index contributed by atoms with van der Waals surface area (Å²) in [4.78, 5) is 10.7. The van der Waals surface area contributed by atoms with E-state index in [0.717, 1.165) is 25.8 Å². The number of rotatable bonds is 7. The lowest BCUT2D eigenvalue weighted by Crippen LogP contribution is -2.06. The van der Waals surface area contributed by atoms with Crippen LogP contribution in [0.2, 0.25) is 0 Å². The Morgan fingerprint density at radius 2 is 2.25 bits per heavy atom. The minimum absolute atomic E-state index is 0.0105. The van der Waals surface area contributed by atoms with E-state index in [1.807, 2.05) is 13.1 Å². The second kappa shape index (κ2) is 8.21. The third-order valence-corrected chi connectivity index (χ3v) is 1.53. The summed E-state index contributed by atoms with van der Waals surface area (Å²) in [7, 11) is 1.94. The van der Waals surface area contributed by atoms with Crippen LogP contribution >= 0.6 is 0 Å². The van der Waals surface area contributed by atoms with Crippen molar-refractivity contribution in [2.24, 2.45) is 0 Å². The van der Waals surface area contributed by atoms with Gasteiger partial charge in [0.1, 0.15) is 0 Å². The average molecular weight is 167 g/mol. The van der Waals surface area contributed by atoms with Crippen LogP contribution in [0, 0.1) is 0 Å². The predicted molar refractivity (Wildman–Crippen MR) is 52.1 cm³/mol. The summed E-state index contributed by atoms with van der Waals surface area (Å²) in [5.74, 6) is -0.0105. The van der Waals surface area contributed by atoms with Crippen molar-refractivity contribution >= 4 is 5.78 Å². The Morgan fingerprint density at radius 1 is 1.50 bits per heavy atom. The van der Waals surface area contributed by atoms with Gasteiger partial charge in [-0.2, -0.15) is 0 Å². The van der Waals surface area contributed by atoms with Crippen LogP contribution < -0.4 is 5.32 Å². The van der Waals surface area contributed by atoms with Gasteiger partial charge in [0.15, 0.2) is 5.78 Å². The topological polar surface area (TPSA) is 29.1 Å². The first-order valence-electron chi connectivity index (χ1n) is 4.28. The van der Waals surface area contributed by atoms with Gasteiger partial charge in [0.05, 0.1) is 0 Å². The Hall–Kier alpha value is -0.890. The van der Waals surface area contributed by atoms with Gasteiger partial charge in [0.2, 0.25) is 0 Å². The zero-order valence-electron chi connectivity index (χ0n) is 7.68. The molecule has 2 heteroatoms. The average Bonchev–Trinajstić information content (AvgIpc) is 2.10. The summed E-state index contributed by atoms with van der Waals surface area (Å²) in [5, 5.41) is 3.07. The molecule has 0 rings (SSSR count). The van der Waals surface area contributed by atoms with Gasteiger partial charge in [-0.3, -0.25) is 4.79 Å². The predicted octanol–water partition coefficient (Wildman–Crippen LogP) is 1.69. The lowest BCUT2D eigenvalue weighted by molar-refractivity contribution is -0.110. The van der Waals surface area contributed by atoms with Crippen molar-refractivity contribution in [1.29, 1.82) is 0 Å². The molecule has 1 N–H and O–H groups in total. The number of hydrogen-bond donors (Lipinski definition) is 1. The van der Waals surface area contributed by atoms with Crippen LogP contribution in [-0.4, -0.2) is 19.4 Å². The van der Waals surface area contributed by atoms with E-state index in [4.69, 9.17) is 0 Å². The van der Waals surface area contributed by atoms with Crippen molar-refractivity contribution < 1.29 is 4.79 Å². The van der Waals surface area contributed by atoms with E-state index in [0.29, 0.717) is 0 Å². The van der Waals surface area contributed by atoms with Crippen molar-refractivity contribution in [3.05, 3.63) is 24.8 Å². The molecular weight excluding hydrogens is 150 g/mol. The SMILES string of the molecule is C=CC(=O)/C=C\CCCCNC. The molecule has 0 saturated carbocycles. The highest BCUT2D eigenvalue weighted by molar-refractivity contribution is 5.98. The maximum absolute atomic E-state index is 10.7. The molecule has 0 aromatic rings. The first-order valence-corrected chi connectivity index (χ1v) is 4.28. The van der Waals surface area contributed by atoms with Gasteiger partial charge < -0.3 is 5.32 Å². The molecule has 0 amide bonds. The Morgan fingerprint density at radius 3 is 2.83 bits per heavy atom. The number of carbonyl (C=O) groups is 1. The molecule has 0 aliphatic heterocycles. The van der Waals surface area contributed by atoms with E-state index in [1.54, 1.807) is 6.08 Å². The van der Waals surface area contributed by atoms with Gasteiger partial charge in [-0.15, -0.1) is 0 Å². The van der Waals surface area contributed by atoms with Crippen LogP contribution in [-0.2, 0) is 4.79 Å². The van der Waals surface area contributed by atoms with Gasteiger partial charge in [0, 0.05) is 0 Å². The molecule has 0 bridgehead atoms. The quantitative estimate of drug-likeness (QED) is 0.462. The van der Waals surface area contributed by atoms with E-state index < -0.39 is 0 Å². The Kier molecular flexibility index (Phi) is 7.60. The molecule has 0 aromatic heterocycles. The molecular formula is C10H17NO. The molecule has 2 nitrogen and oxygen atoms in total. The van der Waals surface area contributed by atoms with Crippen molar-refractivity contribution in [2.75, 3.05) is 13.6 Å². The van der Waals surface area contributed by atoms with Gasteiger partial charge >= 0.3 is 0 Å². The van der Waals surface area contributed by atoms with Gasteiger partial charge in [-0.1, -0.05) is 12.7 Å². The van der Waals surface area contributed by atoms with Crippen LogP contribution in [0.15, 0.2) is 24.8 Å². The van der Waals surface area contributed by atoms with Crippen LogP contribution in [0.4, 0.5) is 0 Å². The number of unbranched alkanes of at least 4 members (excludes halogenated alkanes) is 2. The fraction of sp³-hybridized carbons (Fsp3) is 0.500. The van der Waals surface area contributed by atoms with Crippen molar-refractivity contribution in [2.45, 2.75) is 19.3 Å². The van der Waals surface area contributed by atoms with Gasteiger partial charge in [-0.25, -0.2) is 0 Å². The molecule has 0 heterocycles. The smallest absolute Gasteiger partial charge is 0.177 e. The van der Waals surface area contributed by atoms with E-state index in [1.165, 1.54) is 6.08 Å². The zero-order chi connectivity index (χ0) is 9.23. The van der Waals surface area contributed by atoms with Crippen LogP contribution in [0.1, 0.15) is 19.3 Å². The third-order valence-electron chi connectivity index (χ3n) is 1.53. The molecule has 0 fully saturated rings. The Balaban J connectivity index is 3.24. The minimum Gasteiger partial charge on any atom is -0.320 e.